The van der Waals surface area contributed by atoms with Gasteiger partial charge in [0.15, 0.2) is 0 Å². The molecule has 0 radical (unpaired) electrons. The smallest absolute Gasteiger partial charge is 0.103 e. The molecule has 0 spiro atoms. The summed E-state index contributed by atoms with van der Waals surface area (Å²) in [6.45, 7) is 10.4. The van der Waals surface area contributed by atoms with Gasteiger partial charge in [-0.25, -0.2) is 9.97 Å². The SMILES string of the molecule is Cc1ncc(CNC(Cn2ccnc2)C(C)(C)C)[nH]1. The van der Waals surface area contributed by atoms with Crippen LogP contribution >= 0.6 is 0 Å². The first-order chi connectivity index (χ1) is 8.95. The first kappa shape index (κ1) is 13.8. The summed E-state index contributed by atoms with van der Waals surface area (Å²) >= 11 is 0. The second-order valence-corrected chi connectivity index (χ2v) is 6.05. The van der Waals surface area contributed by atoms with E-state index in [0.29, 0.717) is 6.04 Å². The van der Waals surface area contributed by atoms with Crippen molar-refractivity contribution in [1.29, 1.82) is 0 Å². The summed E-state index contributed by atoms with van der Waals surface area (Å²) in [5, 5.41) is 3.61. The van der Waals surface area contributed by atoms with Gasteiger partial charge >= 0.3 is 0 Å². The minimum atomic E-state index is 0.180. The maximum atomic E-state index is 4.22. The van der Waals surface area contributed by atoms with E-state index in [0.717, 1.165) is 24.6 Å². The molecule has 2 aromatic rings. The van der Waals surface area contributed by atoms with Crippen molar-refractivity contribution in [2.75, 3.05) is 0 Å². The fourth-order valence-electron chi connectivity index (χ4n) is 2.04. The molecule has 0 aliphatic carbocycles. The number of nitrogens with one attached hydrogen (secondary N) is 2. The second-order valence-electron chi connectivity index (χ2n) is 6.05. The zero-order valence-electron chi connectivity index (χ0n) is 12.1. The van der Waals surface area contributed by atoms with Crippen LogP contribution in [0.1, 0.15) is 32.3 Å². The van der Waals surface area contributed by atoms with Gasteiger partial charge in [0.1, 0.15) is 5.82 Å². The summed E-state index contributed by atoms with van der Waals surface area (Å²) in [6, 6.07) is 0.366. The molecule has 2 rings (SSSR count). The summed E-state index contributed by atoms with van der Waals surface area (Å²) < 4.78 is 2.11. The zero-order chi connectivity index (χ0) is 13.9. The van der Waals surface area contributed by atoms with E-state index in [1.807, 2.05) is 31.8 Å². The summed E-state index contributed by atoms with van der Waals surface area (Å²) in [5.41, 5.74) is 1.30. The summed E-state index contributed by atoms with van der Waals surface area (Å²) in [5.74, 6) is 0.957. The third-order valence-electron chi connectivity index (χ3n) is 3.29. The summed E-state index contributed by atoms with van der Waals surface area (Å²) in [6.07, 6.45) is 7.57. The lowest BCUT2D eigenvalue weighted by Crippen LogP contribution is -2.43. The van der Waals surface area contributed by atoms with Gasteiger partial charge in [-0.1, -0.05) is 20.8 Å². The minimum Gasteiger partial charge on any atom is -0.345 e. The lowest BCUT2D eigenvalue weighted by Gasteiger charge is -2.31. The molecule has 0 fully saturated rings. The Balaban J connectivity index is 1.98. The van der Waals surface area contributed by atoms with Crippen molar-refractivity contribution in [3.63, 3.8) is 0 Å². The largest absolute Gasteiger partial charge is 0.345 e. The Labute approximate surface area is 114 Å². The number of hydrogen-bond donors (Lipinski definition) is 2. The van der Waals surface area contributed by atoms with Crippen LogP contribution < -0.4 is 5.32 Å². The Bertz CT molecular complexity index is 492. The average Bonchev–Trinajstić information content (AvgIpc) is 2.94. The number of H-pyrrole nitrogens is 1. The molecule has 0 saturated heterocycles. The van der Waals surface area contributed by atoms with E-state index in [4.69, 9.17) is 0 Å². The van der Waals surface area contributed by atoms with Crippen LogP contribution in [0.25, 0.3) is 0 Å². The average molecular weight is 261 g/mol. The van der Waals surface area contributed by atoms with Crippen molar-refractivity contribution in [3.8, 4) is 0 Å². The molecule has 5 heteroatoms. The number of nitrogens with zero attached hydrogens (tertiary/aromatic N) is 3. The highest BCUT2D eigenvalue weighted by Gasteiger charge is 2.24. The molecule has 0 aromatic carbocycles. The van der Waals surface area contributed by atoms with Crippen molar-refractivity contribution in [1.82, 2.24) is 24.8 Å². The lowest BCUT2D eigenvalue weighted by atomic mass is 9.86. The number of aryl methyl sites for hydroxylation is 1. The molecule has 0 aliphatic rings. The fraction of sp³-hybridized carbons (Fsp3) is 0.571. The molecule has 104 valence electrons. The standard InChI is InChI=1S/C14H23N5/c1-11-16-7-12(18-11)8-17-13(14(2,3)4)9-19-6-5-15-10-19/h5-7,10,13,17H,8-9H2,1-4H3,(H,16,18). The molecule has 1 atom stereocenters. The van der Waals surface area contributed by atoms with Crippen LogP contribution in [0.5, 0.6) is 0 Å². The van der Waals surface area contributed by atoms with Crippen LogP contribution in [-0.4, -0.2) is 25.6 Å². The Kier molecular flexibility index (Phi) is 4.04. The van der Waals surface area contributed by atoms with Gasteiger partial charge in [0.05, 0.1) is 6.33 Å². The molecule has 0 amide bonds. The van der Waals surface area contributed by atoms with Crippen LogP contribution in [0.4, 0.5) is 0 Å². The van der Waals surface area contributed by atoms with Gasteiger partial charge in [-0.05, 0) is 12.3 Å². The molecular formula is C14H23N5. The third kappa shape index (κ3) is 3.92. The van der Waals surface area contributed by atoms with Gasteiger partial charge in [-0.15, -0.1) is 0 Å². The van der Waals surface area contributed by atoms with Crippen molar-refractivity contribution in [3.05, 3.63) is 36.4 Å². The highest BCUT2D eigenvalue weighted by molar-refractivity contribution is 5.00. The first-order valence-corrected chi connectivity index (χ1v) is 6.65. The fourth-order valence-corrected chi connectivity index (χ4v) is 2.04. The highest BCUT2D eigenvalue weighted by Crippen LogP contribution is 2.21. The Hall–Kier alpha value is -1.62. The topological polar surface area (TPSA) is 58.5 Å². The molecule has 19 heavy (non-hydrogen) atoms. The molecule has 2 heterocycles. The molecule has 1 unspecified atom stereocenters. The molecular weight excluding hydrogens is 238 g/mol. The van der Waals surface area contributed by atoms with Crippen LogP contribution in [0.3, 0.4) is 0 Å². The van der Waals surface area contributed by atoms with E-state index in [2.05, 4.69) is 45.6 Å². The van der Waals surface area contributed by atoms with Crippen molar-refractivity contribution >= 4 is 0 Å². The van der Waals surface area contributed by atoms with E-state index >= 15 is 0 Å². The highest BCUT2D eigenvalue weighted by atomic mass is 15.1. The monoisotopic (exact) mass is 261 g/mol. The molecule has 0 bridgehead atoms. The van der Waals surface area contributed by atoms with E-state index in [9.17, 15) is 0 Å². The molecule has 0 aliphatic heterocycles. The van der Waals surface area contributed by atoms with E-state index in [1.165, 1.54) is 0 Å². The maximum Gasteiger partial charge on any atom is 0.103 e. The van der Waals surface area contributed by atoms with Crippen LogP contribution in [-0.2, 0) is 13.1 Å². The Morgan fingerprint density at radius 2 is 2.21 bits per heavy atom. The van der Waals surface area contributed by atoms with Gasteiger partial charge in [0.2, 0.25) is 0 Å². The quantitative estimate of drug-likeness (QED) is 0.866. The molecule has 0 saturated carbocycles. The second kappa shape index (κ2) is 5.57. The van der Waals surface area contributed by atoms with Gasteiger partial charge in [-0.3, -0.25) is 0 Å². The minimum absolute atomic E-state index is 0.180. The Morgan fingerprint density at radius 3 is 2.74 bits per heavy atom. The number of imidazole rings is 2. The van der Waals surface area contributed by atoms with Gasteiger partial charge in [0, 0.05) is 43.4 Å². The van der Waals surface area contributed by atoms with Gasteiger partial charge < -0.3 is 14.9 Å². The van der Waals surface area contributed by atoms with Crippen LogP contribution in [0.2, 0.25) is 0 Å². The third-order valence-corrected chi connectivity index (χ3v) is 3.29. The van der Waals surface area contributed by atoms with Gasteiger partial charge in [-0.2, -0.15) is 0 Å². The number of rotatable bonds is 5. The van der Waals surface area contributed by atoms with E-state index < -0.39 is 0 Å². The number of aromatic nitrogens is 4. The predicted molar refractivity (Wildman–Crippen MR) is 75.6 cm³/mol. The number of aromatic amines is 1. The molecule has 5 nitrogen and oxygen atoms in total. The normalized spacial score (nSPS) is 13.7. The van der Waals surface area contributed by atoms with Crippen molar-refractivity contribution < 1.29 is 0 Å². The Morgan fingerprint density at radius 1 is 1.42 bits per heavy atom. The van der Waals surface area contributed by atoms with E-state index in [1.54, 1.807) is 0 Å². The van der Waals surface area contributed by atoms with Crippen molar-refractivity contribution in [2.24, 2.45) is 5.41 Å². The molecule has 2 aromatic heterocycles. The van der Waals surface area contributed by atoms with Gasteiger partial charge in [0.25, 0.3) is 0 Å². The molecule has 2 N–H and O–H groups in total. The summed E-state index contributed by atoms with van der Waals surface area (Å²) in [4.78, 5) is 11.6. The lowest BCUT2D eigenvalue weighted by molar-refractivity contribution is 0.239. The first-order valence-electron chi connectivity index (χ1n) is 6.65. The van der Waals surface area contributed by atoms with E-state index in [-0.39, 0.29) is 5.41 Å². The van der Waals surface area contributed by atoms with Crippen LogP contribution in [0.15, 0.2) is 24.9 Å². The summed E-state index contributed by atoms with van der Waals surface area (Å²) in [7, 11) is 0. The maximum absolute atomic E-state index is 4.22. The zero-order valence-corrected chi connectivity index (χ0v) is 12.1. The van der Waals surface area contributed by atoms with Crippen LogP contribution in [0, 0.1) is 12.3 Å². The predicted octanol–water partition coefficient (Wildman–Crippen LogP) is 2.12. The number of hydrogen-bond acceptors (Lipinski definition) is 3. The van der Waals surface area contributed by atoms with Crippen molar-refractivity contribution in [2.45, 2.75) is 46.8 Å².